The van der Waals surface area contributed by atoms with Crippen molar-refractivity contribution in [3.8, 4) is 17.6 Å². The van der Waals surface area contributed by atoms with Gasteiger partial charge in [-0.05, 0) is 54.3 Å². The van der Waals surface area contributed by atoms with Gasteiger partial charge in [-0.15, -0.1) is 0 Å². The highest BCUT2D eigenvalue weighted by molar-refractivity contribution is 5.99. The van der Waals surface area contributed by atoms with Crippen LogP contribution in [-0.2, 0) is 4.79 Å². The summed E-state index contributed by atoms with van der Waals surface area (Å²) in [5.41, 5.74) is -0.323. The predicted octanol–water partition coefficient (Wildman–Crippen LogP) is 4.87. The van der Waals surface area contributed by atoms with Gasteiger partial charge in [-0.1, -0.05) is 39.3 Å². The van der Waals surface area contributed by atoms with Crippen LogP contribution in [0, 0.1) is 17.2 Å². The van der Waals surface area contributed by atoms with Crippen molar-refractivity contribution >= 4 is 28.9 Å². The number of nitrogens with one attached hydrogen (secondary N) is 1. The van der Waals surface area contributed by atoms with Gasteiger partial charge in [0.25, 0.3) is 5.91 Å². The Labute approximate surface area is 209 Å². The van der Waals surface area contributed by atoms with Gasteiger partial charge in [0.05, 0.1) is 6.61 Å². The normalized spacial score (nSPS) is 11.2. The molecule has 1 heterocycles. The zero-order valence-corrected chi connectivity index (χ0v) is 20.5. The van der Waals surface area contributed by atoms with Crippen LogP contribution in [0.1, 0.15) is 49.5 Å². The molecule has 8 nitrogen and oxygen atoms in total. The summed E-state index contributed by atoms with van der Waals surface area (Å²) in [6, 6.07) is 14.7. The molecule has 0 aliphatic heterocycles. The number of esters is 1. The summed E-state index contributed by atoms with van der Waals surface area (Å²) < 4.78 is 16.2. The third-order valence-corrected chi connectivity index (χ3v) is 5.13. The summed E-state index contributed by atoms with van der Waals surface area (Å²) in [5.74, 6) is -0.338. The maximum absolute atomic E-state index is 12.6. The minimum atomic E-state index is -0.854. The van der Waals surface area contributed by atoms with E-state index in [2.05, 4.69) is 12.2 Å². The molecule has 36 heavy (non-hydrogen) atoms. The lowest BCUT2D eigenvalue weighted by Gasteiger charge is -2.08. The standard InChI is InChI=1S/C28H28N2O6/c1-4-5-12-34-22-9-6-19(7-10-22)13-21(16-29)27(32)35-23-11-8-20-14-24(26(31)30-17-18(2)3)28(33)36-25(20)15-23/h6-11,13-15,18H,4-5,12,17H2,1-3H3,(H,30,31)/b21-13+. The zero-order valence-electron chi connectivity index (χ0n) is 20.5. The van der Waals surface area contributed by atoms with Crippen molar-refractivity contribution in [3.05, 3.63) is 75.7 Å². The fourth-order valence-electron chi connectivity index (χ4n) is 3.17. The lowest BCUT2D eigenvalue weighted by atomic mass is 10.1. The third kappa shape index (κ3) is 7.06. The van der Waals surface area contributed by atoms with Gasteiger partial charge in [0.15, 0.2) is 0 Å². The van der Waals surface area contributed by atoms with Crippen LogP contribution < -0.4 is 20.4 Å². The highest BCUT2D eigenvalue weighted by Gasteiger charge is 2.16. The van der Waals surface area contributed by atoms with Crippen molar-refractivity contribution in [2.45, 2.75) is 33.6 Å². The SMILES string of the molecule is CCCCOc1ccc(/C=C(\C#N)C(=O)Oc2ccc3cc(C(=O)NCC(C)C)c(=O)oc3c2)cc1. The van der Waals surface area contributed by atoms with Gasteiger partial charge in [-0.2, -0.15) is 5.26 Å². The number of carbonyl (C=O) groups excluding carboxylic acids is 2. The van der Waals surface area contributed by atoms with E-state index in [0.717, 1.165) is 12.8 Å². The number of nitrogens with zero attached hydrogens (tertiary/aromatic N) is 1. The molecule has 3 aromatic rings. The van der Waals surface area contributed by atoms with E-state index in [0.29, 0.717) is 29.9 Å². The Balaban J connectivity index is 1.73. The van der Waals surface area contributed by atoms with E-state index < -0.39 is 17.5 Å². The number of benzene rings is 2. The Morgan fingerprint density at radius 2 is 1.83 bits per heavy atom. The molecular weight excluding hydrogens is 460 g/mol. The second-order valence-electron chi connectivity index (χ2n) is 8.58. The van der Waals surface area contributed by atoms with Crippen LogP contribution in [0.3, 0.4) is 0 Å². The molecule has 0 saturated carbocycles. The average molecular weight is 489 g/mol. The second-order valence-corrected chi connectivity index (χ2v) is 8.58. The van der Waals surface area contributed by atoms with E-state index in [4.69, 9.17) is 13.9 Å². The van der Waals surface area contributed by atoms with Gasteiger partial charge in [0.2, 0.25) is 0 Å². The Kier molecular flexibility index (Phi) is 9.01. The lowest BCUT2D eigenvalue weighted by Crippen LogP contribution is -2.31. The van der Waals surface area contributed by atoms with Gasteiger partial charge >= 0.3 is 11.6 Å². The molecule has 1 aromatic heterocycles. The van der Waals surface area contributed by atoms with Crippen molar-refractivity contribution in [1.82, 2.24) is 5.32 Å². The fraction of sp³-hybridized carbons (Fsp3) is 0.286. The molecule has 0 aliphatic rings. The Morgan fingerprint density at radius 1 is 1.11 bits per heavy atom. The number of nitriles is 1. The van der Waals surface area contributed by atoms with Crippen LogP contribution in [0.2, 0.25) is 0 Å². The number of unbranched alkanes of at least 4 members (excludes halogenated alkanes) is 1. The number of ether oxygens (including phenoxy) is 2. The first-order valence-corrected chi connectivity index (χ1v) is 11.7. The van der Waals surface area contributed by atoms with E-state index in [-0.39, 0.29) is 28.4 Å². The van der Waals surface area contributed by atoms with Crippen molar-refractivity contribution in [2.75, 3.05) is 13.2 Å². The summed E-state index contributed by atoms with van der Waals surface area (Å²) in [6.45, 7) is 7.02. The maximum atomic E-state index is 12.6. The number of amides is 1. The topological polar surface area (TPSA) is 119 Å². The highest BCUT2D eigenvalue weighted by atomic mass is 16.5. The van der Waals surface area contributed by atoms with Gasteiger partial charge in [-0.25, -0.2) is 9.59 Å². The molecule has 8 heteroatoms. The smallest absolute Gasteiger partial charge is 0.354 e. The largest absolute Gasteiger partial charge is 0.494 e. The minimum Gasteiger partial charge on any atom is -0.494 e. The summed E-state index contributed by atoms with van der Waals surface area (Å²) in [7, 11) is 0. The molecule has 0 fully saturated rings. The second kappa shape index (κ2) is 12.4. The van der Waals surface area contributed by atoms with Crippen molar-refractivity contribution in [1.29, 1.82) is 5.26 Å². The van der Waals surface area contributed by atoms with Crippen LogP contribution in [0.5, 0.6) is 11.5 Å². The number of carbonyl (C=O) groups is 2. The van der Waals surface area contributed by atoms with Gasteiger partial charge in [-0.3, -0.25) is 4.79 Å². The van der Waals surface area contributed by atoms with E-state index >= 15 is 0 Å². The molecule has 3 rings (SSSR count). The van der Waals surface area contributed by atoms with Crippen molar-refractivity contribution in [2.24, 2.45) is 5.92 Å². The van der Waals surface area contributed by atoms with Crippen molar-refractivity contribution in [3.63, 3.8) is 0 Å². The summed E-state index contributed by atoms with van der Waals surface area (Å²) in [6.07, 6.45) is 3.41. The molecule has 0 spiro atoms. The van der Waals surface area contributed by atoms with Gasteiger partial charge in [0, 0.05) is 18.0 Å². The molecule has 186 valence electrons. The number of hydrogen-bond donors (Lipinski definition) is 1. The molecule has 0 bridgehead atoms. The maximum Gasteiger partial charge on any atom is 0.354 e. The number of fused-ring (bicyclic) bond motifs is 1. The van der Waals surface area contributed by atoms with Crippen LogP contribution in [0.4, 0.5) is 0 Å². The minimum absolute atomic E-state index is 0.0912. The predicted molar refractivity (Wildman–Crippen MR) is 136 cm³/mol. The van der Waals surface area contributed by atoms with E-state index in [1.54, 1.807) is 30.3 Å². The Morgan fingerprint density at radius 3 is 2.50 bits per heavy atom. The average Bonchev–Trinajstić information content (AvgIpc) is 2.86. The quantitative estimate of drug-likeness (QED) is 0.108. The number of rotatable bonds is 10. The molecule has 1 N–H and O–H groups in total. The summed E-state index contributed by atoms with van der Waals surface area (Å²) in [5, 5.41) is 12.6. The monoisotopic (exact) mass is 488 g/mol. The molecule has 2 aromatic carbocycles. The van der Waals surface area contributed by atoms with Crippen molar-refractivity contribution < 1.29 is 23.5 Å². The van der Waals surface area contributed by atoms with E-state index in [1.165, 1.54) is 24.3 Å². The summed E-state index contributed by atoms with van der Waals surface area (Å²) in [4.78, 5) is 37.2. The molecule has 0 aliphatic carbocycles. The highest BCUT2D eigenvalue weighted by Crippen LogP contribution is 2.22. The third-order valence-electron chi connectivity index (χ3n) is 5.13. The number of hydrogen-bond acceptors (Lipinski definition) is 7. The van der Waals surface area contributed by atoms with Crippen LogP contribution in [0.25, 0.3) is 17.0 Å². The first kappa shape index (κ1) is 26.2. The van der Waals surface area contributed by atoms with Crippen LogP contribution >= 0.6 is 0 Å². The van der Waals surface area contributed by atoms with E-state index in [9.17, 15) is 19.6 Å². The van der Waals surface area contributed by atoms with E-state index in [1.807, 2.05) is 19.9 Å². The van der Waals surface area contributed by atoms with Gasteiger partial charge < -0.3 is 19.2 Å². The van der Waals surface area contributed by atoms with Gasteiger partial charge in [0.1, 0.15) is 34.3 Å². The molecule has 0 atom stereocenters. The Bertz CT molecular complexity index is 1360. The zero-order chi connectivity index (χ0) is 26.1. The van der Waals surface area contributed by atoms with Crippen LogP contribution in [0.15, 0.2) is 63.3 Å². The lowest BCUT2D eigenvalue weighted by molar-refractivity contribution is -0.129. The first-order valence-electron chi connectivity index (χ1n) is 11.7. The molecule has 0 unspecified atom stereocenters. The Hall–Kier alpha value is -4.38. The summed E-state index contributed by atoms with van der Waals surface area (Å²) >= 11 is 0. The first-order chi connectivity index (χ1) is 17.3. The van der Waals surface area contributed by atoms with Crippen LogP contribution in [-0.4, -0.2) is 25.0 Å². The molecule has 0 saturated heterocycles. The fourth-order valence-corrected chi connectivity index (χ4v) is 3.17. The molecular formula is C28H28N2O6. The molecule has 0 radical (unpaired) electrons. The molecule has 1 amide bonds.